The van der Waals surface area contributed by atoms with Crippen LogP contribution in [0.15, 0.2) is 18.6 Å². The molecule has 0 bridgehead atoms. The highest BCUT2D eigenvalue weighted by Gasteiger charge is 1.89. The highest BCUT2D eigenvalue weighted by atomic mass is 19.1. The van der Waals surface area contributed by atoms with E-state index < -0.39 is 0 Å². The zero-order chi connectivity index (χ0) is 7.94. The normalized spacial score (nSPS) is 9.55. The minimum absolute atomic E-state index is 0.294. The van der Waals surface area contributed by atoms with Crippen LogP contribution >= 0.6 is 0 Å². The maximum Gasteiger partial charge on any atom is 0.129 e. The molecule has 0 spiro atoms. The first-order chi connectivity index (χ1) is 5.43. The van der Waals surface area contributed by atoms with Gasteiger partial charge in [0.25, 0.3) is 0 Å². The molecule has 0 atom stereocenters. The van der Waals surface area contributed by atoms with Gasteiger partial charge in [0.2, 0.25) is 0 Å². The van der Waals surface area contributed by atoms with Crippen LogP contribution in [0.2, 0.25) is 0 Å². The molecule has 0 saturated carbocycles. The average Bonchev–Trinajstić information content (AvgIpc) is 2.07. The van der Waals surface area contributed by atoms with Crippen LogP contribution in [-0.2, 0) is 0 Å². The lowest BCUT2D eigenvalue weighted by atomic mass is 10.4. The van der Waals surface area contributed by atoms with E-state index in [9.17, 15) is 4.39 Å². The number of aromatic nitrogens is 2. The van der Waals surface area contributed by atoms with Gasteiger partial charge >= 0.3 is 0 Å². The highest BCUT2D eigenvalue weighted by molar-refractivity contribution is 5.30. The zero-order valence-corrected chi connectivity index (χ0v) is 6.13. The first kappa shape index (κ1) is 7.91. The summed E-state index contributed by atoms with van der Waals surface area (Å²) in [6.07, 6.45) is 3.62. The third kappa shape index (κ3) is 2.93. The molecule has 1 heterocycles. The lowest BCUT2D eigenvalue weighted by Crippen LogP contribution is -2.03. The zero-order valence-electron chi connectivity index (χ0n) is 6.13. The smallest absolute Gasteiger partial charge is 0.129 e. The second-order valence-corrected chi connectivity index (χ2v) is 2.06. The Morgan fingerprint density at radius 3 is 3.09 bits per heavy atom. The number of anilines is 1. The molecule has 60 valence electrons. The van der Waals surface area contributed by atoms with Crippen LogP contribution in [0.4, 0.5) is 10.2 Å². The SMILES string of the molecule is FCCCNc1ccncn1. The van der Waals surface area contributed by atoms with Gasteiger partial charge in [-0.2, -0.15) is 0 Å². The molecule has 0 amide bonds. The summed E-state index contributed by atoms with van der Waals surface area (Å²) in [6.45, 7) is 0.325. The molecule has 4 heteroatoms. The topological polar surface area (TPSA) is 37.8 Å². The Bertz CT molecular complexity index is 190. The summed E-state index contributed by atoms with van der Waals surface area (Å²) in [7, 11) is 0. The van der Waals surface area contributed by atoms with E-state index in [1.807, 2.05) is 0 Å². The van der Waals surface area contributed by atoms with Crippen molar-refractivity contribution in [1.82, 2.24) is 9.97 Å². The van der Waals surface area contributed by atoms with Crippen molar-refractivity contribution < 1.29 is 4.39 Å². The number of halogens is 1. The van der Waals surface area contributed by atoms with Gasteiger partial charge in [0, 0.05) is 12.7 Å². The van der Waals surface area contributed by atoms with Crippen molar-refractivity contribution in [2.45, 2.75) is 6.42 Å². The van der Waals surface area contributed by atoms with Crippen LogP contribution < -0.4 is 5.32 Å². The minimum Gasteiger partial charge on any atom is -0.370 e. The van der Waals surface area contributed by atoms with Gasteiger partial charge in [0.1, 0.15) is 12.1 Å². The lowest BCUT2D eigenvalue weighted by molar-refractivity contribution is 0.481. The third-order valence-corrected chi connectivity index (χ3v) is 1.20. The second kappa shape index (κ2) is 4.60. The molecule has 0 aromatic carbocycles. The minimum atomic E-state index is -0.294. The maximum atomic E-state index is 11.6. The van der Waals surface area contributed by atoms with Crippen molar-refractivity contribution in [2.24, 2.45) is 0 Å². The lowest BCUT2D eigenvalue weighted by Gasteiger charge is -2.00. The summed E-state index contributed by atoms with van der Waals surface area (Å²) in [6, 6.07) is 1.75. The maximum absolute atomic E-state index is 11.6. The fourth-order valence-electron chi connectivity index (χ4n) is 0.679. The molecule has 11 heavy (non-hydrogen) atoms. The van der Waals surface area contributed by atoms with Crippen molar-refractivity contribution in [3.8, 4) is 0 Å². The molecule has 0 unspecified atom stereocenters. The second-order valence-electron chi connectivity index (χ2n) is 2.06. The summed E-state index contributed by atoms with van der Waals surface area (Å²) in [5, 5.41) is 2.95. The molecule has 0 aliphatic carbocycles. The number of hydrogen-bond acceptors (Lipinski definition) is 3. The van der Waals surface area contributed by atoms with Crippen molar-refractivity contribution in [3.63, 3.8) is 0 Å². The van der Waals surface area contributed by atoms with Crippen molar-refractivity contribution in [3.05, 3.63) is 18.6 Å². The van der Waals surface area contributed by atoms with Crippen LogP contribution in [0, 0.1) is 0 Å². The van der Waals surface area contributed by atoms with Gasteiger partial charge in [-0.15, -0.1) is 0 Å². The Labute approximate surface area is 64.7 Å². The predicted molar refractivity (Wildman–Crippen MR) is 41.1 cm³/mol. The molecule has 1 aromatic heterocycles. The largest absolute Gasteiger partial charge is 0.370 e. The summed E-state index contributed by atoms with van der Waals surface area (Å²) in [5.74, 6) is 0.744. The number of nitrogens with zero attached hydrogens (tertiary/aromatic N) is 2. The fraction of sp³-hybridized carbons (Fsp3) is 0.429. The van der Waals surface area contributed by atoms with Gasteiger partial charge in [-0.1, -0.05) is 0 Å². The average molecular weight is 155 g/mol. The highest BCUT2D eigenvalue weighted by Crippen LogP contribution is 1.97. The van der Waals surface area contributed by atoms with Crippen LogP contribution in [-0.4, -0.2) is 23.2 Å². The number of hydrogen-bond donors (Lipinski definition) is 1. The van der Waals surface area contributed by atoms with Gasteiger partial charge in [0.05, 0.1) is 6.67 Å². The molecule has 1 N–H and O–H groups in total. The monoisotopic (exact) mass is 155 g/mol. The Kier molecular flexibility index (Phi) is 3.31. The van der Waals surface area contributed by atoms with E-state index in [1.54, 1.807) is 12.3 Å². The summed E-state index contributed by atoms with van der Waals surface area (Å²) in [5.41, 5.74) is 0. The van der Waals surface area contributed by atoms with Crippen molar-refractivity contribution >= 4 is 5.82 Å². The fourth-order valence-corrected chi connectivity index (χ4v) is 0.679. The molecule has 3 nitrogen and oxygen atoms in total. The number of rotatable bonds is 4. The van der Waals surface area contributed by atoms with E-state index in [1.165, 1.54) is 6.33 Å². The summed E-state index contributed by atoms with van der Waals surface area (Å²) in [4.78, 5) is 7.65. The quantitative estimate of drug-likeness (QED) is 0.665. The summed E-state index contributed by atoms with van der Waals surface area (Å²) >= 11 is 0. The summed E-state index contributed by atoms with van der Waals surface area (Å²) < 4.78 is 11.6. The standard InChI is InChI=1S/C7H10FN3/c8-3-1-4-10-7-2-5-9-6-11-7/h2,5-6H,1,3-4H2,(H,9,10,11). The Morgan fingerprint density at radius 2 is 2.45 bits per heavy atom. The van der Waals surface area contributed by atoms with E-state index >= 15 is 0 Å². The molecule has 1 rings (SSSR count). The van der Waals surface area contributed by atoms with Gasteiger partial charge in [-0.3, -0.25) is 4.39 Å². The molecule has 1 aromatic rings. The number of nitrogens with one attached hydrogen (secondary N) is 1. The molecule has 0 aliphatic rings. The van der Waals surface area contributed by atoms with E-state index in [2.05, 4.69) is 15.3 Å². The van der Waals surface area contributed by atoms with E-state index in [-0.39, 0.29) is 6.67 Å². The van der Waals surface area contributed by atoms with Gasteiger partial charge in [0.15, 0.2) is 0 Å². The van der Waals surface area contributed by atoms with Gasteiger partial charge in [-0.05, 0) is 12.5 Å². The Balaban J connectivity index is 2.28. The van der Waals surface area contributed by atoms with Crippen LogP contribution in [0.1, 0.15) is 6.42 Å². The van der Waals surface area contributed by atoms with E-state index in [4.69, 9.17) is 0 Å². The molecule has 0 saturated heterocycles. The van der Waals surface area contributed by atoms with Gasteiger partial charge in [-0.25, -0.2) is 9.97 Å². The number of alkyl halides is 1. The molecule has 0 radical (unpaired) electrons. The van der Waals surface area contributed by atoms with E-state index in [0.29, 0.717) is 13.0 Å². The van der Waals surface area contributed by atoms with Crippen molar-refractivity contribution in [2.75, 3.05) is 18.5 Å². The molecular weight excluding hydrogens is 145 g/mol. The predicted octanol–water partition coefficient (Wildman–Crippen LogP) is 1.25. The first-order valence-corrected chi connectivity index (χ1v) is 3.49. The molecule has 0 aliphatic heterocycles. The Morgan fingerprint density at radius 1 is 1.55 bits per heavy atom. The van der Waals surface area contributed by atoms with Crippen LogP contribution in [0.3, 0.4) is 0 Å². The van der Waals surface area contributed by atoms with Gasteiger partial charge < -0.3 is 5.32 Å². The molecule has 0 fully saturated rings. The third-order valence-electron chi connectivity index (χ3n) is 1.20. The molecular formula is C7H10FN3. The van der Waals surface area contributed by atoms with Crippen LogP contribution in [0.25, 0.3) is 0 Å². The van der Waals surface area contributed by atoms with Crippen LogP contribution in [0.5, 0.6) is 0 Å². The van der Waals surface area contributed by atoms with E-state index in [0.717, 1.165) is 5.82 Å². The Hall–Kier alpha value is -1.19. The van der Waals surface area contributed by atoms with Crippen molar-refractivity contribution in [1.29, 1.82) is 0 Å². The first-order valence-electron chi connectivity index (χ1n) is 3.49.